The number of nitrogens with one attached hydrogen (secondary N) is 1. The second kappa shape index (κ2) is 4.44. The maximum atomic E-state index is 5.60. The predicted octanol–water partition coefficient (Wildman–Crippen LogP) is 2.26. The summed E-state index contributed by atoms with van der Waals surface area (Å²) in [6.45, 7) is 4.55. The molecule has 3 N–H and O–H groups in total. The summed E-state index contributed by atoms with van der Waals surface area (Å²) in [7, 11) is 0. The molecule has 0 heterocycles. The fourth-order valence-corrected chi connectivity index (χ4v) is 0.967. The number of rotatable bonds is 4. The van der Waals surface area contributed by atoms with E-state index in [2.05, 4.69) is 11.9 Å². The molecule has 0 aliphatic carbocycles. The van der Waals surface area contributed by atoms with E-state index < -0.39 is 0 Å². The Morgan fingerprint density at radius 3 is 3.00 bits per heavy atom. The molecule has 0 radical (unpaired) electrons. The second-order valence-electron chi connectivity index (χ2n) is 2.63. The highest BCUT2D eigenvalue weighted by molar-refractivity contribution is 5.53. The maximum Gasteiger partial charge on any atom is 0.0360 e. The lowest BCUT2D eigenvalue weighted by Crippen LogP contribution is -2.00. The van der Waals surface area contributed by atoms with Crippen LogP contribution >= 0.6 is 0 Å². The zero-order chi connectivity index (χ0) is 8.81. The van der Waals surface area contributed by atoms with E-state index in [1.54, 1.807) is 0 Å². The van der Waals surface area contributed by atoms with Gasteiger partial charge < -0.3 is 11.1 Å². The van der Waals surface area contributed by atoms with Crippen molar-refractivity contribution in [2.75, 3.05) is 17.6 Å². The summed E-state index contributed by atoms with van der Waals surface area (Å²) in [4.78, 5) is 0. The maximum absolute atomic E-state index is 5.60. The summed E-state index contributed by atoms with van der Waals surface area (Å²) >= 11 is 0. The Kier molecular flexibility index (Phi) is 3.20. The van der Waals surface area contributed by atoms with Crippen LogP contribution in [-0.2, 0) is 0 Å². The van der Waals surface area contributed by atoms with Crippen molar-refractivity contribution in [2.45, 2.75) is 6.42 Å². The second-order valence-corrected chi connectivity index (χ2v) is 2.63. The van der Waals surface area contributed by atoms with E-state index in [1.807, 2.05) is 30.3 Å². The highest BCUT2D eigenvalue weighted by Crippen LogP contribution is 2.11. The molecule has 12 heavy (non-hydrogen) atoms. The smallest absolute Gasteiger partial charge is 0.0360 e. The summed E-state index contributed by atoms with van der Waals surface area (Å²) in [5.41, 5.74) is 7.46. The number of anilines is 2. The summed E-state index contributed by atoms with van der Waals surface area (Å²) in [5, 5.41) is 3.24. The molecular weight excluding hydrogens is 148 g/mol. The van der Waals surface area contributed by atoms with Gasteiger partial charge in [-0.05, 0) is 24.6 Å². The zero-order valence-electron chi connectivity index (χ0n) is 7.09. The number of benzene rings is 1. The molecule has 0 aliphatic heterocycles. The van der Waals surface area contributed by atoms with Crippen LogP contribution in [0.3, 0.4) is 0 Å². The van der Waals surface area contributed by atoms with Gasteiger partial charge >= 0.3 is 0 Å². The van der Waals surface area contributed by atoms with Crippen molar-refractivity contribution in [3.63, 3.8) is 0 Å². The summed E-state index contributed by atoms with van der Waals surface area (Å²) < 4.78 is 0. The molecule has 0 saturated heterocycles. The van der Waals surface area contributed by atoms with Crippen LogP contribution in [0.5, 0.6) is 0 Å². The van der Waals surface area contributed by atoms with E-state index in [1.165, 1.54) is 0 Å². The molecule has 1 rings (SSSR count). The Hall–Kier alpha value is -1.44. The van der Waals surface area contributed by atoms with Crippen LogP contribution in [0.2, 0.25) is 0 Å². The Bertz CT molecular complexity index is 256. The third kappa shape index (κ3) is 2.66. The third-order valence-corrected chi connectivity index (χ3v) is 1.56. The van der Waals surface area contributed by atoms with E-state index >= 15 is 0 Å². The molecule has 0 atom stereocenters. The zero-order valence-corrected chi connectivity index (χ0v) is 7.09. The van der Waals surface area contributed by atoms with Gasteiger partial charge in [0.2, 0.25) is 0 Å². The molecule has 0 unspecified atom stereocenters. The van der Waals surface area contributed by atoms with Crippen molar-refractivity contribution in [1.82, 2.24) is 0 Å². The molecule has 0 spiro atoms. The van der Waals surface area contributed by atoms with Crippen molar-refractivity contribution < 1.29 is 0 Å². The molecule has 1 aromatic carbocycles. The van der Waals surface area contributed by atoms with Crippen molar-refractivity contribution in [2.24, 2.45) is 0 Å². The number of nitrogen functional groups attached to an aromatic ring is 1. The summed E-state index contributed by atoms with van der Waals surface area (Å²) in [5.74, 6) is 0. The molecule has 2 heteroatoms. The quantitative estimate of drug-likeness (QED) is 0.405. The first-order valence-electron chi connectivity index (χ1n) is 4.03. The van der Waals surface area contributed by atoms with E-state index in [0.717, 1.165) is 24.3 Å². The van der Waals surface area contributed by atoms with E-state index in [-0.39, 0.29) is 0 Å². The van der Waals surface area contributed by atoms with E-state index in [4.69, 9.17) is 5.73 Å². The highest BCUT2D eigenvalue weighted by Gasteiger charge is 1.89. The van der Waals surface area contributed by atoms with Crippen LogP contribution in [-0.4, -0.2) is 6.54 Å². The molecule has 2 nitrogen and oxygen atoms in total. The lowest BCUT2D eigenvalue weighted by molar-refractivity contribution is 1.07. The fourth-order valence-electron chi connectivity index (χ4n) is 0.967. The molecule has 0 saturated carbocycles. The van der Waals surface area contributed by atoms with Gasteiger partial charge in [0.1, 0.15) is 0 Å². The molecule has 0 amide bonds. The first-order chi connectivity index (χ1) is 5.83. The predicted molar refractivity (Wildman–Crippen MR) is 54.2 cm³/mol. The molecule has 0 fully saturated rings. The Morgan fingerprint density at radius 1 is 1.50 bits per heavy atom. The molecular formula is C10H14N2. The molecule has 0 aromatic heterocycles. The Balaban J connectivity index is 2.46. The van der Waals surface area contributed by atoms with Gasteiger partial charge in [-0.2, -0.15) is 0 Å². The number of hydrogen-bond donors (Lipinski definition) is 2. The summed E-state index contributed by atoms with van der Waals surface area (Å²) in [6.07, 6.45) is 2.86. The lowest BCUT2D eigenvalue weighted by Gasteiger charge is -2.04. The van der Waals surface area contributed by atoms with Crippen molar-refractivity contribution in [1.29, 1.82) is 0 Å². The molecule has 64 valence electrons. The van der Waals surface area contributed by atoms with Gasteiger partial charge in [-0.1, -0.05) is 12.1 Å². The number of nitrogens with two attached hydrogens (primary N) is 1. The molecule has 0 bridgehead atoms. The van der Waals surface area contributed by atoms with Crippen LogP contribution in [0.15, 0.2) is 36.9 Å². The first-order valence-corrected chi connectivity index (χ1v) is 4.03. The highest BCUT2D eigenvalue weighted by atomic mass is 14.9. The minimum absolute atomic E-state index is 0.790. The van der Waals surface area contributed by atoms with Crippen molar-refractivity contribution in [3.8, 4) is 0 Å². The Labute approximate surface area is 73.1 Å². The normalized spacial score (nSPS) is 9.33. The third-order valence-electron chi connectivity index (χ3n) is 1.56. The summed E-state index contributed by atoms with van der Waals surface area (Å²) in [6, 6.07) is 7.73. The van der Waals surface area contributed by atoms with Gasteiger partial charge in [0.25, 0.3) is 0 Å². The van der Waals surface area contributed by atoms with Crippen LogP contribution in [0, 0.1) is 0 Å². The van der Waals surface area contributed by atoms with E-state index in [9.17, 15) is 0 Å². The lowest BCUT2D eigenvalue weighted by atomic mass is 10.3. The van der Waals surface area contributed by atoms with Gasteiger partial charge in [-0.3, -0.25) is 0 Å². The minimum Gasteiger partial charge on any atom is -0.399 e. The topological polar surface area (TPSA) is 38.0 Å². The van der Waals surface area contributed by atoms with Crippen LogP contribution < -0.4 is 11.1 Å². The molecule has 1 aromatic rings. The van der Waals surface area contributed by atoms with Gasteiger partial charge in [0.15, 0.2) is 0 Å². The van der Waals surface area contributed by atoms with Gasteiger partial charge in [0.05, 0.1) is 0 Å². The van der Waals surface area contributed by atoms with Crippen LogP contribution in [0.25, 0.3) is 0 Å². The van der Waals surface area contributed by atoms with Gasteiger partial charge in [-0.15, -0.1) is 6.58 Å². The standard InChI is InChI=1S/C10H14N2/c1-2-3-7-12-10-6-4-5-9(11)8-10/h2,4-6,8,12H,1,3,7,11H2. The van der Waals surface area contributed by atoms with Gasteiger partial charge in [-0.25, -0.2) is 0 Å². The van der Waals surface area contributed by atoms with Crippen molar-refractivity contribution in [3.05, 3.63) is 36.9 Å². The number of hydrogen-bond acceptors (Lipinski definition) is 2. The average Bonchev–Trinajstić information content (AvgIpc) is 2.05. The average molecular weight is 162 g/mol. The fraction of sp³-hybridized carbons (Fsp3) is 0.200. The monoisotopic (exact) mass is 162 g/mol. The van der Waals surface area contributed by atoms with Crippen LogP contribution in [0.1, 0.15) is 6.42 Å². The van der Waals surface area contributed by atoms with E-state index in [0.29, 0.717) is 0 Å². The first kappa shape index (κ1) is 8.65. The molecule has 0 aliphatic rings. The van der Waals surface area contributed by atoms with Gasteiger partial charge in [0, 0.05) is 17.9 Å². The van der Waals surface area contributed by atoms with Crippen LogP contribution in [0.4, 0.5) is 11.4 Å². The minimum atomic E-state index is 0.790. The van der Waals surface area contributed by atoms with Crippen molar-refractivity contribution >= 4 is 11.4 Å². The largest absolute Gasteiger partial charge is 0.399 e. The Morgan fingerprint density at radius 2 is 2.33 bits per heavy atom. The SMILES string of the molecule is C=CCCNc1cccc(N)c1.